The topological polar surface area (TPSA) is 38.9 Å². The van der Waals surface area contributed by atoms with E-state index in [-0.39, 0.29) is 0 Å². The second-order valence-electron chi connectivity index (χ2n) is 13.5. The molecule has 0 saturated carbocycles. The molecule has 8 aromatic rings. The van der Waals surface area contributed by atoms with Gasteiger partial charge in [-0.15, -0.1) is 6.58 Å². The van der Waals surface area contributed by atoms with Crippen molar-refractivity contribution in [1.82, 2.24) is 24.0 Å². The standard InChI is InChI=1S/C37H28N4.C5H10.C4H9N/c1-24-13-17-32-28(21-24)36-34(19-15-30(38-36)26-9-5-3-6-10-26)40(32)23-41-33-18-14-25(2)22-29(33)37-35(41)20-16-31(39-37)27-11-7-4-8-12-27;2*1-4-5(2)3/h3-22H,23H2,1-2H3;4-5H,1H2,2-3H3;4H,1H2,2-3H3. The van der Waals surface area contributed by atoms with Crippen LogP contribution in [0.15, 0.2) is 147 Å². The molecule has 0 aliphatic carbocycles. The summed E-state index contributed by atoms with van der Waals surface area (Å²) in [7, 11) is 3.88. The zero-order valence-corrected chi connectivity index (χ0v) is 30.6. The van der Waals surface area contributed by atoms with Crippen molar-refractivity contribution in [2.24, 2.45) is 5.92 Å². The smallest absolute Gasteiger partial charge is 0.100 e. The molecule has 0 unspecified atom stereocenters. The molecular weight excluding hydrogens is 623 g/mol. The van der Waals surface area contributed by atoms with Gasteiger partial charge in [0.1, 0.15) is 6.67 Å². The van der Waals surface area contributed by atoms with Crippen LogP contribution in [0.1, 0.15) is 25.0 Å². The van der Waals surface area contributed by atoms with Crippen molar-refractivity contribution in [2.45, 2.75) is 34.4 Å². The normalized spacial score (nSPS) is 11.0. The van der Waals surface area contributed by atoms with Gasteiger partial charge in [-0.2, -0.15) is 0 Å². The highest BCUT2D eigenvalue weighted by Gasteiger charge is 2.18. The maximum Gasteiger partial charge on any atom is 0.100 e. The maximum atomic E-state index is 5.20. The van der Waals surface area contributed by atoms with Gasteiger partial charge in [-0.3, -0.25) is 0 Å². The summed E-state index contributed by atoms with van der Waals surface area (Å²) in [6.07, 6.45) is 3.67. The van der Waals surface area contributed by atoms with Crippen molar-refractivity contribution in [2.75, 3.05) is 14.1 Å². The minimum absolute atomic E-state index is 0.648. The molecule has 0 bridgehead atoms. The Bertz CT molecular complexity index is 2270. The summed E-state index contributed by atoms with van der Waals surface area (Å²) in [5.41, 5.74) is 13.4. The van der Waals surface area contributed by atoms with Crippen LogP contribution in [-0.4, -0.2) is 38.1 Å². The van der Waals surface area contributed by atoms with Gasteiger partial charge in [-0.05, 0) is 74.5 Å². The maximum absolute atomic E-state index is 5.20. The lowest BCUT2D eigenvalue weighted by atomic mass is 10.1. The average Bonchev–Trinajstić information content (AvgIpc) is 3.63. The number of aromatic nitrogens is 4. The molecule has 5 heteroatoms. The third-order valence-corrected chi connectivity index (χ3v) is 8.98. The van der Waals surface area contributed by atoms with Crippen molar-refractivity contribution in [3.63, 3.8) is 0 Å². The Kier molecular flexibility index (Phi) is 10.5. The van der Waals surface area contributed by atoms with Gasteiger partial charge < -0.3 is 14.0 Å². The van der Waals surface area contributed by atoms with E-state index in [1.807, 2.05) is 37.2 Å². The molecule has 0 radical (unpaired) electrons. The lowest BCUT2D eigenvalue weighted by Crippen LogP contribution is -2.08. The fourth-order valence-electron chi connectivity index (χ4n) is 6.13. The van der Waals surface area contributed by atoms with Crippen molar-refractivity contribution in [1.29, 1.82) is 0 Å². The first kappa shape index (κ1) is 34.9. The van der Waals surface area contributed by atoms with Crippen LogP contribution >= 0.6 is 0 Å². The van der Waals surface area contributed by atoms with Crippen LogP contribution in [0.2, 0.25) is 0 Å². The first-order valence-electron chi connectivity index (χ1n) is 17.5. The number of hydrogen-bond acceptors (Lipinski definition) is 3. The second-order valence-corrected chi connectivity index (χ2v) is 13.5. The molecule has 8 rings (SSSR count). The highest BCUT2D eigenvalue weighted by atomic mass is 15.2. The van der Waals surface area contributed by atoms with Crippen LogP contribution < -0.4 is 0 Å². The Morgan fingerprint density at radius 3 is 1.31 bits per heavy atom. The van der Waals surface area contributed by atoms with Crippen molar-refractivity contribution < 1.29 is 0 Å². The van der Waals surface area contributed by atoms with Gasteiger partial charge in [0.15, 0.2) is 0 Å². The van der Waals surface area contributed by atoms with E-state index < -0.39 is 0 Å². The van der Waals surface area contributed by atoms with E-state index in [4.69, 9.17) is 9.97 Å². The minimum atomic E-state index is 0.648. The Morgan fingerprint density at radius 1 is 0.588 bits per heavy atom. The van der Waals surface area contributed by atoms with E-state index in [9.17, 15) is 0 Å². The summed E-state index contributed by atoms with van der Waals surface area (Å²) in [6, 6.07) is 42.9. The third kappa shape index (κ3) is 7.48. The zero-order valence-electron chi connectivity index (χ0n) is 30.6. The number of allylic oxidation sites excluding steroid dienone is 1. The molecule has 5 nitrogen and oxygen atoms in total. The fourth-order valence-corrected chi connectivity index (χ4v) is 6.13. The van der Waals surface area contributed by atoms with Crippen LogP contribution in [0, 0.1) is 19.8 Å². The summed E-state index contributed by atoms with van der Waals surface area (Å²) in [5, 5.41) is 2.36. The molecule has 51 heavy (non-hydrogen) atoms. The number of benzene rings is 4. The predicted octanol–water partition coefficient (Wildman–Crippen LogP) is 11.7. The van der Waals surface area contributed by atoms with Gasteiger partial charge in [0.2, 0.25) is 0 Å². The first-order valence-corrected chi connectivity index (χ1v) is 17.5. The monoisotopic (exact) mass is 669 g/mol. The highest BCUT2D eigenvalue weighted by Crippen LogP contribution is 2.35. The van der Waals surface area contributed by atoms with Gasteiger partial charge in [-0.1, -0.05) is 110 Å². The summed E-state index contributed by atoms with van der Waals surface area (Å²) in [6.45, 7) is 16.2. The van der Waals surface area contributed by atoms with E-state index in [1.165, 1.54) is 32.9 Å². The van der Waals surface area contributed by atoms with Crippen LogP contribution in [-0.2, 0) is 6.67 Å². The van der Waals surface area contributed by atoms with Crippen LogP contribution in [0.5, 0.6) is 0 Å². The molecule has 256 valence electrons. The summed E-state index contributed by atoms with van der Waals surface area (Å²) < 4.78 is 4.80. The molecule has 0 fully saturated rings. The molecule has 0 atom stereocenters. The lowest BCUT2D eigenvalue weighted by molar-refractivity contribution is 0.566. The Labute approximate surface area is 301 Å². The van der Waals surface area contributed by atoms with E-state index in [2.05, 4.69) is 159 Å². The molecule has 0 aliphatic rings. The van der Waals surface area contributed by atoms with E-state index in [0.717, 1.165) is 44.6 Å². The van der Waals surface area contributed by atoms with Gasteiger partial charge in [0, 0.05) is 36.0 Å². The van der Waals surface area contributed by atoms with Crippen LogP contribution in [0.25, 0.3) is 66.4 Å². The summed E-state index contributed by atoms with van der Waals surface area (Å²) >= 11 is 0. The second kappa shape index (κ2) is 15.3. The molecule has 0 saturated heterocycles. The molecule has 0 aliphatic heterocycles. The van der Waals surface area contributed by atoms with Gasteiger partial charge in [0.05, 0.1) is 44.5 Å². The van der Waals surface area contributed by atoms with Crippen LogP contribution in [0.4, 0.5) is 0 Å². The van der Waals surface area contributed by atoms with E-state index in [1.54, 1.807) is 6.20 Å². The van der Waals surface area contributed by atoms with Gasteiger partial charge >= 0.3 is 0 Å². The van der Waals surface area contributed by atoms with E-state index >= 15 is 0 Å². The number of nitrogens with zero attached hydrogens (tertiary/aromatic N) is 5. The molecule has 4 aromatic heterocycles. The zero-order chi connectivity index (χ0) is 36.1. The first-order chi connectivity index (χ1) is 24.7. The average molecular weight is 670 g/mol. The lowest BCUT2D eigenvalue weighted by Gasteiger charge is -2.12. The summed E-state index contributed by atoms with van der Waals surface area (Å²) in [5.74, 6) is 0.648. The Hall–Kier alpha value is -5.94. The van der Waals surface area contributed by atoms with Gasteiger partial charge in [-0.25, -0.2) is 9.97 Å². The fraction of sp³-hybridized carbons (Fsp3) is 0.174. The highest BCUT2D eigenvalue weighted by molar-refractivity contribution is 6.08. The summed E-state index contributed by atoms with van der Waals surface area (Å²) in [4.78, 5) is 12.3. The number of pyridine rings is 2. The van der Waals surface area contributed by atoms with Gasteiger partial charge in [0.25, 0.3) is 0 Å². The van der Waals surface area contributed by atoms with Crippen molar-refractivity contribution in [3.8, 4) is 22.5 Å². The number of aryl methyl sites for hydroxylation is 2. The minimum Gasteiger partial charge on any atom is -0.384 e. The Balaban J connectivity index is 0.000000398. The van der Waals surface area contributed by atoms with Crippen LogP contribution in [0.3, 0.4) is 0 Å². The molecule has 4 heterocycles. The van der Waals surface area contributed by atoms with Crippen molar-refractivity contribution in [3.05, 3.63) is 158 Å². The Morgan fingerprint density at radius 2 is 0.961 bits per heavy atom. The van der Waals surface area contributed by atoms with Crippen molar-refractivity contribution >= 4 is 43.9 Å². The SMILES string of the molecule is C=CC(C)C.C=CN(C)C.Cc1ccc2c(c1)c1nc(-c3ccccc3)ccc1n2Cn1c2ccc(C)cc2c2nc(-c3ccccc3)ccc21. The molecule has 0 spiro atoms. The molecule has 4 aromatic carbocycles. The predicted molar refractivity (Wildman–Crippen MR) is 219 cm³/mol. The molecular formula is C46H47N5. The largest absolute Gasteiger partial charge is 0.384 e. The number of rotatable bonds is 6. The number of hydrogen-bond donors (Lipinski definition) is 0. The molecule has 0 N–H and O–H groups in total. The van der Waals surface area contributed by atoms with E-state index in [0.29, 0.717) is 12.6 Å². The molecule has 0 amide bonds. The number of fused-ring (bicyclic) bond motifs is 6. The third-order valence-electron chi connectivity index (χ3n) is 8.98. The quantitative estimate of drug-likeness (QED) is 0.165.